The molecule has 0 aliphatic rings. The van der Waals surface area contributed by atoms with Crippen LogP contribution in [0.25, 0.3) is 0 Å². The summed E-state index contributed by atoms with van der Waals surface area (Å²) in [5, 5.41) is 0. The van der Waals surface area contributed by atoms with Crippen molar-refractivity contribution in [2.24, 2.45) is 17.4 Å². The lowest BCUT2D eigenvalue weighted by atomic mass is 10.0. The second-order valence-electron chi connectivity index (χ2n) is 2.85. The van der Waals surface area contributed by atoms with Crippen LogP contribution in [0.3, 0.4) is 0 Å². The lowest BCUT2D eigenvalue weighted by Crippen LogP contribution is -2.29. The first kappa shape index (κ1) is 13.2. The smallest absolute Gasteiger partial charge is 0.146 e. The van der Waals surface area contributed by atoms with Crippen molar-refractivity contribution >= 4 is 5.78 Å². The molecule has 0 rings (SSSR count). The van der Waals surface area contributed by atoms with Crippen molar-refractivity contribution < 1.29 is 4.79 Å². The molecule has 0 spiro atoms. The first-order valence-corrected chi connectivity index (χ1v) is 3.87. The number of ketones is 1. The van der Waals surface area contributed by atoms with E-state index >= 15 is 0 Å². The van der Waals surface area contributed by atoms with Crippen LogP contribution >= 0.6 is 0 Å². The van der Waals surface area contributed by atoms with Gasteiger partial charge in [-0.2, -0.15) is 0 Å². The van der Waals surface area contributed by atoms with E-state index in [0.29, 0.717) is 5.92 Å². The molecular weight excluding hydrogens is 140 g/mol. The Morgan fingerprint density at radius 3 is 1.82 bits per heavy atom. The molecule has 68 valence electrons. The predicted molar refractivity (Wildman–Crippen MR) is 48.2 cm³/mol. The van der Waals surface area contributed by atoms with E-state index in [1.807, 2.05) is 0 Å². The van der Waals surface area contributed by atoms with E-state index < -0.39 is 0 Å². The van der Waals surface area contributed by atoms with E-state index in [1.54, 1.807) is 0 Å². The number of carbonyl (C=O) groups excluding carboxylic acids is 1. The van der Waals surface area contributed by atoms with Crippen LogP contribution in [-0.4, -0.2) is 18.9 Å². The van der Waals surface area contributed by atoms with E-state index in [0.717, 1.165) is 6.42 Å². The van der Waals surface area contributed by atoms with Gasteiger partial charge in [-0.25, -0.2) is 0 Å². The van der Waals surface area contributed by atoms with Crippen LogP contribution < -0.4 is 11.5 Å². The summed E-state index contributed by atoms with van der Waals surface area (Å²) in [6, 6.07) is -0.245. The average molecular weight is 160 g/mol. The normalized spacial score (nSPS) is 11.9. The summed E-state index contributed by atoms with van der Waals surface area (Å²) >= 11 is 0. The fraction of sp³-hybridized carbons (Fsp3) is 0.875. The van der Waals surface area contributed by atoms with Gasteiger partial charge in [0.05, 0.1) is 6.04 Å². The van der Waals surface area contributed by atoms with Gasteiger partial charge in [-0.15, -0.1) is 0 Å². The van der Waals surface area contributed by atoms with Crippen LogP contribution in [0, 0.1) is 5.92 Å². The van der Waals surface area contributed by atoms with Crippen molar-refractivity contribution in [3.05, 3.63) is 0 Å². The van der Waals surface area contributed by atoms with Gasteiger partial charge in [-0.1, -0.05) is 13.8 Å². The molecule has 0 fully saturated rings. The third-order valence-electron chi connectivity index (χ3n) is 1.25. The first-order chi connectivity index (χ1) is 5.04. The summed E-state index contributed by atoms with van der Waals surface area (Å²) in [6.07, 6.45) is 0.801. The van der Waals surface area contributed by atoms with Gasteiger partial charge in [0.25, 0.3) is 0 Å². The highest BCUT2D eigenvalue weighted by Crippen LogP contribution is 2.02. The summed E-state index contributed by atoms with van der Waals surface area (Å²) in [6.45, 7) is 5.65. The Morgan fingerprint density at radius 2 is 1.73 bits per heavy atom. The Hall–Kier alpha value is -0.410. The van der Waals surface area contributed by atoms with Gasteiger partial charge >= 0.3 is 0 Å². The maximum atomic E-state index is 10.6. The van der Waals surface area contributed by atoms with Crippen molar-refractivity contribution in [3.8, 4) is 0 Å². The van der Waals surface area contributed by atoms with Crippen molar-refractivity contribution in [1.82, 2.24) is 0 Å². The van der Waals surface area contributed by atoms with Gasteiger partial charge in [0.1, 0.15) is 5.78 Å². The molecule has 3 heteroatoms. The molecule has 11 heavy (non-hydrogen) atoms. The highest BCUT2D eigenvalue weighted by molar-refractivity contribution is 5.81. The van der Waals surface area contributed by atoms with Crippen LogP contribution in [0.5, 0.6) is 0 Å². The molecule has 0 aromatic carbocycles. The molecule has 3 nitrogen and oxygen atoms in total. The summed E-state index contributed by atoms with van der Waals surface area (Å²) in [7, 11) is 1.50. The Morgan fingerprint density at radius 1 is 1.36 bits per heavy atom. The highest BCUT2D eigenvalue weighted by atomic mass is 16.1. The molecule has 0 heterocycles. The van der Waals surface area contributed by atoms with Crippen molar-refractivity contribution in [2.45, 2.75) is 33.2 Å². The topological polar surface area (TPSA) is 69.1 Å². The summed E-state index contributed by atoms with van der Waals surface area (Å²) < 4.78 is 0. The zero-order valence-electron chi connectivity index (χ0n) is 7.92. The van der Waals surface area contributed by atoms with Gasteiger partial charge in [0, 0.05) is 0 Å². The summed E-state index contributed by atoms with van der Waals surface area (Å²) in [5.41, 5.74) is 9.97. The highest BCUT2D eigenvalue weighted by Gasteiger charge is 2.08. The predicted octanol–water partition coefficient (Wildman–Crippen LogP) is 0.524. The lowest BCUT2D eigenvalue weighted by molar-refractivity contribution is -0.118. The van der Waals surface area contributed by atoms with E-state index in [4.69, 9.17) is 5.73 Å². The van der Waals surface area contributed by atoms with E-state index in [2.05, 4.69) is 19.6 Å². The molecule has 0 aliphatic carbocycles. The fourth-order valence-corrected chi connectivity index (χ4v) is 0.674. The standard InChI is InChI=1S/C7H15NO.CH5N/c1-5(2)4-7(8)6(3)9;1-2/h5,7H,4,8H2,1-3H3;2H2,1H3. The fourth-order valence-electron chi connectivity index (χ4n) is 0.674. The Bertz CT molecular complexity index is 102. The summed E-state index contributed by atoms with van der Waals surface area (Å²) in [4.78, 5) is 10.6. The molecule has 0 amide bonds. The third-order valence-corrected chi connectivity index (χ3v) is 1.25. The molecule has 0 aliphatic heterocycles. The number of hydrogen-bond donors (Lipinski definition) is 2. The lowest BCUT2D eigenvalue weighted by Gasteiger charge is -2.08. The minimum Gasteiger partial charge on any atom is -0.333 e. The van der Waals surface area contributed by atoms with Gasteiger partial charge in [0.15, 0.2) is 0 Å². The molecule has 0 bridgehead atoms. The number of carbonyl (C=O) groups is 1. The zero-order valence-corrected chi connectivity index (χ0v) is 7.92. The largest absolute Gasteiger partial charge is 0.333 e. The number of hydrogen-bond acceptors (Lipinski definition) is 3. The minimum absolute atomic E-state index is 0.0868. The van der Waals surface area contributed by atoms with Crippen LogP contribution in [-0.2, 0) is 4.79 Å². The Balaban J connectivity index is 0. The number of rotatable bonds is 3. The molecule has 1 atom stereocenters. The SMILES string of the molecule is CC(=O)C(N)CC(C)C.CN. The van der Waals surface area contributed by atoms with Crippen molar-refractivity contribution in [2.75, 3.05) is 7.05 Å². The molecule has 4 N–H and O–H groups in total. The molecule has 1 unspecified atom stereocenters. The Labute approximate surface area is 69.1 Å². The minimum atomic E-state index is -0.245. The summed E-state index contributed by atoms with van der Waals surface area (Å²) in [5.74, 6) is 0.604. The van der Waals surface area contributed by atoms with Crippen LogP contribution in [0.15, 0.2) is 0 Å². The van der Waals surface area contributed by atoms with Crippen LogP contribution in [0.4, 0.5) is 0 Å². The number of nitrogens with two attached hydrogens (primary N) is 2. The van der Waals surface area contributed by atoms with Gasteiger partial charge < -0.3 is 11.5 Å². The van der Waals surface area contributed by atoms with Crippen molar-refractivity contribution in [1.29, 1.82) is 0 Å². The maximum Gasteiger partial charge on any atom is 0.146 e. The Kier molecular flexibility index (Phi) is 9.23. The molecule has 0 radical (unpaired) electrons. The molecular formula is C8H20N2O. The van der Waals surface area contributed by atoms with Crippen molar-refractivity contribution in [3.63, 3.8) is 0 Å². The molecule has 0 aromatic heterocycles. The first-order valence-electron chi connectivity index (χ1n) is 3.87. The van der Waals surface area contributed by atoms with Crippen LogP contribution in [0.1, 0.15) is 27.2 Å². The van der Waals surface area contributed by atoms with Gasteiger partial charge in [0.2, 0.25) is 0 Å². The van der Waals surface area contributed by atoms with Crippen LogP contribution in [0.2, 0.25) is 0 Å². The van der Waals surface area contributed by atoms with E-state index in [-0.39, 0.29) is 11.8 Å². The number of Topliss-reactive ketones (excluding diaryl/α,β-unsaturated/α-hetero) is 1. The monoisotopic (exact) mass is 160 g/mol. The zero-order chi connectivity index (χ0) is 9.44. The van der Waals surface area contributed by atoms with Gasteiger partial charge in [-0.05, 0) is 26.3 Å². The van der Waals surface area contributed by atoms with Gasteiger partial charge in [-0.3, -0.25) is 4.79 Å². The maximum absolute atomic E-state index is 10.6. The molecule has 0 saturated heterocycles. The van der Waals surface area contributed by atoms with E-state index in [9.17, 15) is 4.79 Å². The third kappa shape index (κ3) is 9.59. The second-order valence-corrected chi connectivity index (χ2v) is 2.85. The molecule has 0 saturated carbocycles. The second kappa shape index (κ2) is 7.69. The van der Waals surface area contributed by atoms with E-state index in [1.165, 1.54) is 14.0 Å². The molecule has 0 aromatic rings. The quantitative estimate of drug-likeness (QED) is 0.632. The average Bonchev–Trinajstić information content (AvgIpc) is 1.90.